The molecule has 0 saturated carbocycles. The highest BCUT2D eigenvalue weighted by Gasteiger charge is 2.38. The van der Waals surface area contributed by atoms with Crippen molar-refractivity contribution >= 4 is 27.3 Å². The van der Waals surface area contributed by atoms with Crippen LogP contribution in [-0.4, -0.2) is 26.9 Å². The van der Waals surface area contributed by atoms with Gasteiger partial charge in [0, 0.05) is 19.0 Å². The molecule has 27 heavy (non-hydrogen) atoms. The molecule has 0 aromatic heterocycles. The van der Waals surface area contributed by atoms with E-state index in [9.17, 15) is 13.2 Å². The van der Waals surface area contributed by atoms with Crippen LogP contribution in [0.1, 0.15) is 36.5 Å². The van der Waals surface area contributed by atoms with E-state index >= 15 is 0 Å². The topological polar surface area (TPSA) is 57.7 Å². The number of rotatable bonds is 2. The Hall–Kier alpha value is -2.34. The Labute approximate surface area is 159 Å². The Bertz CT molecular complexity index is 1040. The Morgan fingerprint density at radius 3 is 2.56 bits per heavy atom. The summed E-state index contributed by atoms with van der Waals surface area (Å²) in [5.74, 6) is 0.154. The van der Waals surface area contributed by atoms with Gasteiger partial charge >= 0.3 is 0 Å². The number of nitrogens with zero attached hydrogens (tertiary/aromatic N) is 2. The van der Waals surface area contributed by atoms with Crippen molar-refractivity contribution in [3.8, 4) is 0 Å². The van der Waals surface area contributed by atoms with Crippen molar-refractivity contribution < 1.29 is 13.2 Å². The second-order valence-corrected chi connectivity index (χ2v) is 9.54. The van der Waals surface area contributed by atoms with Gasteiger partial charge in [0.05, 0.1) is 16.3 Å². The van der Waals surface area contributed by atoms with Crippen molar-refractivity contribution in [3.63, 3.8) is 0 Å². The Balaban J connectivity index is 1.64. The lowest BCUT2D eigenvalue weighted by Crippen LogP contribution is -2.40. The van der Waals surface area contributed by atoms with Crippen LogP contribution in [0.15, 0.2) is 41.3 Å². The third-order valence-corrected chi connectivity index (χ3v) is 7.86. The summed E-state index contributed by atoms with van der Waals surface area (Å²) >= 11 is 0. The highest BCUT2D eigenvalue weighted by atomic mass is 32.2. The van der Waals surface area contributed by atoms with E-state index in [4.69, 9.17) is 0 Å². The van der Waals surface area contributed by atoms with Gasteiger partial charge in [-0.05, 0) is 67.5 Å². The normalized spacial score (nSPS) is 21.2. The second-order valence-electron chi connectivity index (χ2n) is 7.72. The Morgan fingerprint density at radius 1 is 1.00 bits per heavy atom. The van der Waals surface area contributed by atoms with Gasteiger partial charge in [0.2, 0.25) is 5.91 Å². The average molecular weight is 382 g/mol. The number of amides is 1. The summed E-state index contributed by atoms with van der Waals surface area (Å²) < 4.78 is 28.7. The van der Waals surface area contributed by atoms with E-state index in [1.165, 1.54) is 0 Å². The molecule has 3 aliphatic rings. The van der Waals surface area contributed by atoms with E-state index in [1.807, 2.05) is 36.1 Å². The van der Waals surface area contributed by atoms with Crippen LogP contribution in [0.3, 0.4) is 0 Å². The molecule has 2 aromatic rings. The molecular formula is C21H22N2O3S. The van der Waals surface area contributed by atoms with Crippen LogP contribution < -0.4 is 9.21 Å². The van der Waals surface area contributed by atoms with Crippen LogP contribution in [0, 0.1) is 0 Å². The number of hydrogen-bond acceptors (Lipinski definition) is 3. The van der Waals surface area contributed by atoms with Crippen LogP contribution >= 0.6 is 0 Å². The minimum Gasteiger partial charge on any atom is -0.312 e. The molecule has 1 atom stereocenters. The molecule has 0 N–H and O–H groups in total. The molecule has 0 fully saturated rings. The molecule has 0 aliphatic carbocycles. The molecule has 0 bridgehead atoms. The first-order valence-corrected chi connectivity index (χ1v) is 11.0. The van der Waals surface area contributed by atoms with Crippen molar-refractivity contribution in [1.29, 1.82) is 0 Å². The first kappa shape index (κ1) is 16.8. The molecule has 0 saturated heterocycles. The number of aryl methyl sites for hydroxylation is 2. The zero-order chi connectivity index (χ0) is 18.8. The first-order valence-electron chi connectivity index (χ1n) is 9.55. The van der Waals surface area contributed by atoms with Crippen molar-refractivity contribution in [3.05, 3.63) is 53.1 Å². The summed E-state index contributed by atoms with van der Waals surface area (Å²) in [5, 5.41) is 0. The first-order chi connectivity index (χ1) is 13.0. The van der Waals surface area contributed by atoms with Gasteiger partial charge < -0.3 is 4.90 Å². The summed E-state index contributed by atoms with van der Waals surface area (Å²) in [6, 6.07) is 11.2. The standard InChI is InChI=1S/C21H22N2O3S/c1-14-11-15-5-2-3-7-19(15)23(14)27(25,26)18-12-16-6-4-10-22-20(24)9-8-17(13-18)21(16)22/h2-3,5,7,12-14H,4,6,8-11H2,1H3/t14-/m0/s1. The Morgan fingerprint density at radius 2 is 1.74 bits per heavy atom. The number of carbonyl (C=O) groups is 1. The fraction of sp³-hybridized carbons (Fsp3) is 0.381. The monoisotopic (exact) mass is 382 g/mol. The number of anilines is 2. The van der Waals surface area contributed by atoms with E-state index in [2.05, 4.69) is 0 Å². The SMILES string of the molecule is C[C@H]1Cc2ccccc2N1S(=O)(=O)c1cc2c3c(c1)CCC(=O)N3CCC2. The third kappa shape index (κ3) is 2.42. The molecule has 3 aliphatic heterocycles. The quantitative estimate of drug-likeness (QED) is 0.802. The lowest BCUT2D eigenvalue weighted by molar-refractivity contribution is -0.119. The van der Waals surface area contributed by atoms with Crippen LogP contribution in [0.25, 0.3) is 0 Å². The van der Waals surface area contributed by atoms with Crippen LogP contribution in [0.5, 0.6) is 0 Å². The summed E-state index contributed by atoms with van der Waals surface area (Å²) in [6.07, 6.45) is 3.51. The van der Waals surface area contributed by atoms with Crippen molar-refractivity contribution in [2.75, 3.05) is 15.7 Å². The highest BCUT2D eigenvalue weighted by molar-refractivity contribution is 7.92. The number of sulfonamides is 1. The maximum absolute atomic E-state index is 13.6. The molecule has 1 amide bonds. The predicted molar refractivity (Wildman–Crippen MR) is 105 cm³/mol. The predicted octanol–water partition coefficient (Wildman–Crippen LogP) is 3.05. The lowest BCUT2D eigenvalue weighted by Gasteiger charge is -2.36. The minimum atomic E-state index is -3.64. The molecule has 0 spiro atoms. The number of benzene rings is 2. The van der Waals surface area contributed by atoms with E-state index in [-0.39, 0.29) is 11.9 Å². The number of carbonyl (C=O) groups excluding carboxylic acids is 1. The van der Waals surface area contributed by atoms with Crippen molar-refractivity contribution in [1.82, 2.24) is 0 Å². The van der Waals surface area contributed by atoms with Gasteiger partial charge in [-0.2, -0.15) is 0 Å². The maximum Gasteiger partial charge on any atom is 0.264 e. The molecule has 0 radical (unpaired) electrons. The average Bonchev–Trinajstić information content (AvgIpc) is 3.00. The Kier molecular flexibility index (Phi) is 3.63. The largest absolute Gasteiger partial charge is 0.312 e. The van der Waals surface area contributed by atoms with E-state index in [0.717, 1.165) is 53.9 Å². The van der Waals surface area contributed by atoms with E-state index in [1.54, 1.807) is 16.4 Å². The lowest BCUT2D eigenvalue weighted by atomic mass is 9.92. The highest BCUT2D eigenvalue weighted by Crippen LogP contribution is 2.41. The van der Waals surface area contributed by atoms with Crippen LogP contribution in [0.4, 0.5) is 11.4 Å². The van der Waals surface area contributed by atoms with E-state index < -0.39 is 10.0 Å². The zero-order valence-corrected chi connectivity index (χ0v) is 16.1. The molecule has 140 valence electrons. The fourth-order valence-corrected chi connectivity index (χ4v) is 6.58. The molecule has 2 aromatic carbocycles. The number of fused-ring (bicyclic) bond motifs is 1. The summed E-state index contributed by atoms with van der Waals surface area (Å²) in [7, 11) is -3.64. The third-order valence-electron chi connectivity index (χ3n) is 5.95. The van der Waals surface area contributed by atoms with Gasteiger partial charge in [-0.25, -0.2) is 8.42 Å². The van der Waals surface area contributed by atoms with Gasteiger partial charge in [0.15, 0.2) is 0 Å². The van der Waals surface area contributed by atoms with Gasteiger partial charge in [-0.1, -0.05) is 18.2 Å². The minimum absolute atomic E-state index is 0.0992. The molecule has 0 unspecified atom stereocenters. The van der Waals surface area contributed by atoms with Crippen molar-refractivity contribution in [2.24, 2.45) is 0 Å². The zero-order valence-electron chi connectivity index (χ0n) is 15.3. The molecular weight excluding hydrogens is 360 g/mol. The molecule has 5 nitrogen and oxygen atoms in total. The number of hydrogen-bond donors (Lipinski definition) is 0. The molecule has 3 heterocycles. The smallest absolute Gasteiger partial charge is 0.264 e. The summed E-state index contributed by atoms with van der Waals surface area (Å²) in [4.78, 5) is 14.5. The number of para-hydroxylation sites is 1. The van der Waals surface area contributed by atoms with Crippen LogP contribution in [0.2, 0.25) is 0 Å². The molecule has 5 rings (SSSR count). The molecule has 6 heteroatoms. The maximum atomic E-state index is 13.6. The summed E-state index contributed by atoms with van der Waals surface area (Å²) in [5.41, 5.74) is 4.81. The van der Waals surface area contributed by atoms with Gasteiger partial charge in [-0.15, -0.1) is 0 Å². The van der Waals surface area contributed by atoms with Crippen LogP contribution in [-0.2, 0) is 34.1 Å². The summed E-state index contributed by atoms with van der Waals surface area (Å²) in [6.45, 7) is 2.70. The van der Waals surface area contributed by atoms with Gasteiger partial charge in [0.1, 0.15) is 0 Å². The van der Waals surface area contributed by atoms with Gasteiger partial charge in [0.25, 0.3) is 10.0 Å². The fourth-order valence-electron chi connectivity index (χ4n) is 4.79. The van der Waals surface area contributed by atoms with Crippen molar-refractivity contribution in [2.45, 2.75) is 50.0 Å². The van der Waals surface area contributed by atoms with E-state index in [0.29, 0.717) is 17.7 Å². The second kappa shape index (κ2) is 5.83. The van der Waals surface area contributed by atoms with Gasteiger partial charge in [-0.3, -0.25) is 9.10 Å².